The maximum atomic E-state index is 12.7. The Morgan fingerprint density at radius 1 is 0.938 bits per heavy atom. The van der Waals surface area contributed by atoms with Crippen LogP contribution in [-0.2, 0) is 4.57 Å². The third-order valence-electron chi connectivity index (χ3n) is 2.96. The molecule has 0 aromatic rings. The predicted molar refractivity (Wildman–Crippen MR) is 69.2 cm³/mol. The molecule has 2 N–H and O–H groups in total. The molecule has 0 amide bonds. The maximum absolute atomic E-state index is 12.7. The summed E-state index contributed by atoms with van der Waals surface area (Å²) in [7, 11) is -2.84. The first kappa shape index (κ1) is 16.1. The lowest BCUT2D eigenvalue weighted by Crippen LogP contribution is -2.21. The molecule has 3 nitrogen and oxygen atoms in total. The number of rotatable bonds is 9. The standard InChI is InChI=1S/C12H27O3P/c1-4-7-10-16(15,11(13)8-5-2)12(14)9-6-3/h11-14H,4-10H2,1-3H3. The molecule has 0 spiro atoms. The highest BCUT2D eigenvalue weighted by Gasteiger charge is 2.36. The summed E-state index contributed by atoms with van der Waals surface area (Å²) in [4.78, 5) is 0. The van der Waals surface area contributed by atoms with Crippen molar-refractivity contribution >= 4 is 7.14 Å². The van der Waals surface area contributed by atoms with Crippen LogP contribution in [0, 0.1) is 0 Å². The Kier molecular flexibility index (Phi) is 8.35. The molecule has 4 heteroatoms. The topological polar surface area (TPSA) is 57.5 Å². The normalized spacial score (nSPS) is 19.1. The fourth-order valence-electron chi connectivity index (χ4n) is 1.86. The van der Waals surface area contributed by atoms with Gasteiger partial charge in [-0.15, -0.1) is 0 Å². The number of aliphatic hydroxyl groups is 2. The lowest BCUT2D eigenvalue weighted by atomic mass is 10.3. The van der Waals surface area contributed by atoms with Crippen LogP contribution in [0.1, 0.15) is 59.3 Å². The molecular formula is C12H27O3P. The van der Waals surface area contributed by atoms with Gasteiger partial charge in [-0.3, -0.25) is 0 Å². The van der Waals surface area contributed by atoms with Gasteiger partial charge in [-0.05, 0) is 19.3 Å². The Bertz CT molecular complexity index is 202. The van der Waals surface area contributed by atoms with Crippen LogP contribution < -0.4 is 0 Å². The van der Waals surface area contributed by atoms with E-state index in [1.165, 1.54) is 0 Å². The summed E-state index contributed by atoms with van der Waals surface area (Å²) in [6.45, 7) is 5.95. The second-order valence-electron chi connectivity index (χ2n) is 4.47. The molecule has 0 aromatic carbocycles. The van der Waals surface area contributed by atoms with Crippen LogP contribution in [0.4, 0.5) is 0 Å². The van der Waals surface area contributed by atoms with Crippen LogP contribution >= 0.6 is 7.14 Å². The van der Waals surface area contributed by atoms with Gasteiger partial charge in [0.1, 0.15) is 18.8 Å². The zero-order valence-corrected chi connectivity index (χ0v) is 11.7. The van der Waals surface area contributed by atoms with Crippen molar-refractivity contribution in [2.75, 3.05) is 6.16 Å². The van der Waals surface area contributed by atoms with Gasteiger partial charge >= 0.3 is 0 Å². The van der Waals surface area contributed by atoms with Crippen molar-refractivity contribution in [1.82, 2.24) is 0 Å². The van der Waals surface area contributed by atoms with Crippen LogP contribution in [-0.4, -0.2) is 28.1 Å². The van der Waals surface area contributed by atoms with E-state index in [9.17, 15) is 14.8 Å². The summed E-state index contributed by atoms with van der Waals surface area (Å²) in [5, 5.41) is 19.9. The molecule has 0 radical (unpaired) electrons. The number of hydrogen-bond acceptors (Lipinski definition) is 3. The molecule has 0 aliphatic heterocycles. The maximum Gasteiger partial charge on any atom is 0.142 e. The third kappa shape index (κ3) is 4.57. The van der Waals surface area contributed by atoms with E-state index in [0.717, 1.165) is 25.7 Å². The van der Waals surface area contributed by atoms with E-state index >= 15 is 0 Å². The first-order valence-corrected chi connectivity index (χ1v) is 8.50. The molecule has 98 valence electrons. The second-order valence-corrected chi connectivity index (χ2v) is 7.82. The molecule has 0 heterocycles. The smallest absolute Gasteiger partial charge is 0.142 e. The van der Waals surface area contributed by atoms with Crippen LogP contribution in [0.15, 0.2) is 0 Å². The Morgan fingerprint density at radius 3 is 1.69 bits per heavy atom. The summed E-state index contributed by atoms with van der Waals surface area (Å²) in [6, 6.07) is 0. The van der Waals surface area contributed by atoms with Crippen LogP contribution in [0.5, 0.6) is 0 Å². The van der Waals surface area contributed by atoms with E-state index in [2.05, 4.69) is 0 Å². The van der Waals surface area contributed by atoms with Gasteiger partial charge in [0.2, 0.25) is 0 Å². The van der Waals surface area contributed by atoms with Gasteiger partial charge in [-0.25, -0.2) is 0 Å². The van der Waals surface area contributed by atoms with Gasteiger partial charge in [0, 0.05) is 6.16 Å². The van der Waals surface area contributed by atoms with E-state index in [4.69, 9.17) is 0 Å². The van der Waals surface area contributed by atoms with Gasteiger partial charge in [-0.2, -0.15) is 0 Å². The lowest BCUT2D eigenvalue weighted by Gasteiger charge is -2.28. The van der Waals surface area contributed by atoms with Crippen LogP contribution in [0.2, 0.25) is 0 Å². The Hall–Kier alpha value is 0.150. The highest BCUT2D eigenvalue weighted by molar-refractivity contribution is 7.64. The quantitative estimate of drug-likeness (QED) is 0.617. The molecule has 2 atom stereocenters. The van der Waals surface area contributed by atoms with E-state index in [1.807, 2.05) is 20.8 Å². The minimum Gasteiger partial charge on any atom is -0.385 e. The van der Waals surface area contributed by atoms with Crippen LogP contribution in [0.25, 0.3) is 0 Å². The van der Waals surface area contributed by atoms with E-state index < -0.39 is 18.8 Å². The molecule has 0 saturated carbocycles. The van der Waals surface area contributed by atoms with Crippen molar-refractivity contribution in [3.63, 3.8) is 0 Å². The third-order valence-corrected chi connectivity index (χ3v) is 6.51. The zero-order chi connectivity index (χ0) is 12.6. The minimum absolute atomic E-state index is 0.478. The predicted octanol–water partition coefficient (Wildman–Crippen LogP) is 3.39. The lowest BCUT2D eigenvalue weighted by molar-refractivity contribution is 0.195. The van der Waals surface area contributed by atoms with Gasteiger partial charge in [-0.1, -0.05) is 40.0 Å². The van der Waals surface area contributed by atoms with Crippen molar-refractivity contribution in [2.45, 2.75) is 71.0 Å². The van der Waals surface area contributed by atoms with Crippen molar-refractivity contribution in [3.8, 4) is 0 Å². The van der Waals surface area contributed by atoms with Crippen LogP contribution in [0.3, 0.4) is 0 Å². The Labute approximate surface area is 99.6 Å². The molecule has 0 bridgehead atoms. The van der Waals surface area contributed by atoms with Crippen molar-refractivity contribution in [3.05, 3.63) is 0 Å². The average Bonchev–Trinajstić information content (AvgIpc) is 2.26. The van der Waals surface area contributed by atoms with E-state index in [-0.39, 0.29) is 0 Å². The Morgan fingerprint density at radius 2 is 1.38 bits per heavy atom. The van der Waals surface area contributed by atoms with E-state index in [0.29, 0.717) is 19.0 Å². The fourth-order valence-corrected chi connectivity index (χ4v) is 5.05. The number of unbranched alkanes of at least 4 members (excludes halogenated alkanes) is 1. The average molecular weight is 250 g/mol. The van der Waals surface area contributed by atoms with Gasteiger partial charge < -0.3 is 14.8 Å². The molecule has 0 rings (SSSR count). The second kappa shape index (κ2) is 8.27. The molecule has 16 heavy (non-hydrogen) atoms. The molecule has 0 aliphatic rings. The summed E-state index contributed by atoms with van der Waals surface area (Å²) in [6.07, 6.45) is 4.90. The highest BCUT2D eigenvalue weighted by atomic mass is 31.2. The zero-order valence-electron chi connectivity index (χ0n) is 10.9. The number of aliphatic hydroxyl groups excluding tert-OH is 2. The van der Waals surface area contributed by atoms with Gasteiger partial charge in [0.15, 0.2) is 0 Å². The largest absolute Gasteiger partial charge is 0.385 e. The Balaban J connectivity index is 4.65. The summed E-state index contributed by atoms with van der Waals surface area (Å²) in [5.41, 5.74) is 0. The summed E-state index contributed by atoms with van der Waals surface area (Å²) < 4.78 is 12.7. The fraction of sp³-hybridized carbons (Fsp3) is 1.00. The SMILES string of the molecule is CCCCP(=O)(C(O)CCC)C(O)CCC. The van der Waals surface area contributed by atoms with E-state index in [1.54, 1.807) is 0 Å². The first-order valence-electron chi connectivity index (χ1n) is 6.47. The van der Waals surface area contributed by atoms with Crippen molar-refractivity contribution < 1.29 is 14.8 Å². The monoisotopic (exact) mass is 250 g/mol. The summed E-state index contributed by atoms with van der Waals surface area (Å²) >= 11 is 0. The molecule has 0 aromatic heterocycles. The van der Waals surface area contributed by atoms with Gasteiger partial charge in [0.25, 0.3) is 0 Å². The molecule has 0 saturated heterocycles. The molecule has 2 unspecified atom stereocenters. The molecule has 0 aliphatic carbocycles. The molecular weight excluding hydrogens is 223 g/mol. The molecule has 0 fully saturated rings. The highest BCUT2D eigenvalue weighted by Crippen LogP contribution is 2.56. The number of hydrogen-bond donors (Lipinski definition) is 2. The first-order chi connectivity index (χ1) is 7.52. The van der Waals surface area contributed by atoms with Crippen molar-refractivity contribution in [1.29, 1.82) is 0 Å². The summed E-state index contributed by atoms with van der Waals surface area (Å²) in [5.74, 6) is -1.63. The minimum atomic E-state index is -2.84. The van der Waals surface area contributed by atoms with Gasteiger partial charge in [0.05, 0.1) is 0 Å². The van der Waals surface area contributed by atoms with Crippen molar-refractivity contribution in [2.24, 2.45) is 0 Å².